The molecule has 2 atom stereocenters. The first kappa shape index (κ1) is 21.4. The lowest BCUT2D eigenvalue weighted by Crippen LogP contribution is -2.46. The van der Waals surface area contributed by atoms with Crippen LogP contribution < -0.4 is 11.1 Å². The van der Waals surface area contributed by atoms with Crippen molar-refractivity contribution in [2.45, 2.75) is 44.6 Å². The van der Waals surface area contributed by atoms with Crippen LogP contribution in [0.1, 0.15) is 35.7 Å². The van der Waals surface area contributed by atoms with E-state index < -0.39 is 36.1 Å². The van der Waals surface area contributed by atoms with Crippen molar-refractivity contribution >= 4 is 29.1 Å². The van der Waals surface area contributed by atoms with Gasteiger partial charge in [-0.15, -0.1) is 0 Å². The van der Waals surface area contributed by atoms with Crippen molar-refractivity contribution in [2.24, 2.45) is 15.7 Å². The Morgan fingerprint density at radius 3 is 2.71 bits per heavy atom. The molecule has 0 saturated heterocycles. The van der Waals surface area contributed by atoms with E-state index in [9.17, 15) is 17.6 Å². The molecule has 11 heteroatoms. The lowest BCUT2D eigenvalue weighted by Gasteiger charge is -2.36. The number of hydrogen-bond donors (Lipinski definition) is 2. The highest BCUT2D eigenvalue weighted by Gasteiger charge is 2.50. The van der Waals surface area contributed by atoms with Crippen LogP contribution in [0.4, 0.5) is 23.2 Å². The van der Waals surface area contributed by atoms with Crippen LogP contribution in [0, 0.1) is 12.7 Å². The molecule has 2 aliphatic rings. The molecule has 0 saturated carbocycles. The monoisotopic (exact) mass is 455 g/mol. The Labute approximate surface area is 180 Å². The quantitative estimate of drug-likeness (QED) is 0.663. The third-order valence-corrected chi connectivity index (χ3v) is 5.47. The van der Waals surface area contributed by atoms with E-state index in [0.717, 1.165) is 5.56 Å². The van der Waals surface area contributed by atoms with Crippen LogP contribution in [-0.4, -0.2) is 29.1 Å². The number of aliphatic imine (C=N–C) groups is 2. The molecular weight excluding hydrogens is 438 g/mol. The number of hydrogen-bond acceptors (Lipinski definition) is 6. The Hall–Kier alpha value is -2.88. The number of fused-ring (bicyclic) bond motifs is 1. The lowest BCUT2D eigenvalue weighted by atomic mass is 9.84. The number of nitrogens with two attached hydrogens (primary N) is 1. The Bertz CT molecular complexity index is 1120. The summed E-state index contributed by atoms with van der Waals surface area (Å²) in [6.45, 7) is 3.48. The van der Waals surface area contributed by atoms with Gasteiger partial charge in [0.05, 0.1) is 16.2 Å². The summed E-state index contributed by atoms with van der Waals surface area (Å²) in [5.74, 6) is -0.241. The summed E-state index contributed by atoms with van der Waals surface area (Å²) in [6, 6.07) is 3.75. The van der Waals surface area contributed by atoms with Crippen molar-refractivity contribution in [3.8, 4) is 0 Å². The van der Waals surface area contributed by atoms with Gasteiger partial charge in [-0.3, -0.25) is 4.98 Å². The number of rotatable bonds is 2. The molecule has 0 spiro atoms. The van der Waals surface area contributed by atoms with Gasteiger partial charge < -0.3 is 15.8 Å². The lowest BCUT2D eigenvalue weighted by molar-refractivity contribution is -0.208. The fraction of sp³-hybridized carbons (Fsp3) is 0.350. The second-order valence-corrected chi connectivity index (χ2v) is 8.11. The van der Waals surface area contributed by atoms with E-state index >= 15 is 0 Å². The van der Waals surface area contributed by atoms with Gasteiger partial charge in [0, 0.05) is 24.7 Å². The second kappa shape index (κ2) is 7.37. The molecule has 0 fully saturated rings. The molecule has 0 bridgehead atoms. The van der Waals surface area contributed by atoms with E-state index in [1.165, 1.54) is 25.3 Å². The molecule has 3 heterocycles. The Morgan fingerprint density at radius 1 is 1.29 bits per heavy atom. The fourth-order valence-corrected chi connectivity index (χ4v) is 3.95. The van der Waals surface area contributed by atoms with E-state index in [4.69, 9.17) is 17.3 Å². The summed E-state index contributed by atoms with van der Waals surface area (Å²) in [6.07, 6.45) is -5.98. The molecule has 6 nitrogen and oxygen atoms in total. The number of aromatic nitrogens is 1. The van der Waals surface area contributed by atoms with Crippen molar-refractivity contribution in [1.82, 2.24) is 10.3 Å². The normalized spacial score (nSPS) is 23.3. The summed E-state index contributed by atoms with van der Waals surface area (Å²) >= 11 is 5.95. The highest BCUT2D eigenvalue weighted by molar-refractivity contribution is 6.30. The zero-order valence-electron chi connectivity index (χ0n) is 16.5. The van der Waals surface area contributed by atoms with Gasteiger partial charge in [0.15, 0.2) is 11.9 Å². The van der Waals surface area contributed by atoms with Crippen LogP contribution in [0.2, 0.25) is 5.02 Å². The molecule has 0 radical (unpaired) electrons. The maximum Gasteiger partial charge on any atom is 0.425 e. The third-order valence-electron chi connectivity index (χ3n) is 5.26. The number of aryl methyl sites for hydroxylation is 1. The minimum atomic E-state index is -4.67. The van der Waals surface area contributed by atoms with Crippen molar-refractivity contribution in [2.75, 3.05) is 0 Å². The number of amidine groups is 2. The van der Waals surface area contributed by atoms with Crippen LogP contribution in [-0.2, 0) is 16.8 Å². The van der Waals surface area contributed by atoms with Gasteiger partial charge in [0.1, 0.15) is 11.5 Å². The minimum Gasteiger partial charge on any atom is -0.452 e. The van der Waals surface area contributed by atoms with Crippen LogP contribution in [0.3, 0.4) is 0 Å². The number of nitrogens with zero attached hydrogens (tertiary/aromatic N) is 3. The number of benzene rings is 1. The standard InChI is InChI=1S/C20H18ClF4N5O/c1-9-3-11(21)8-27-16(9)17-28-7-10-4-13(22)12(5-14(10)29-17)19(2)6-15(20(23,24)25)31-18(26)30-19/h3-5,8,15H,6-7H2,1-2H3,(H2,26,30)(H,28,29)/t15-,19-/m0/s1. The SMILES string of the molecule is Cc1cc(Cl)cnc1C1=Nc2cc([C@]3(C)C[C@@H](C(F)(F)F)OC(N)=N3)c(F)cc2CN1. The van der Waals surface area contributed by atoms with E-state index in [1.807, 2.05) is 6.92 Å². The smallest absolute Gasteiger partial charge is 0.425 e. The van der Waals surface area contributed by atoms with Crippen LogP contribution in [0.5, 0.6) is 0 Å². The summed E-state index contributed by atoms with van der Waals surface area (Å²) in [7, 11) is 0. The molecule has 0 unspecified atom stereocenters. The highest BCUT2D eigenvalue weighted by Crippen LogP contribution is 2.42. The number of ether oxygens (including phenoxy) is 1. The van der Waals surface area contributed by atoms with Crippen LogP contribution in [0.15, 0.2) is 34.4 Å². The molecule has 2 aliphatic heterocycles. The molecule has 1 aromatic carbocycles. The van der Waals surface area contributed by atoms with Gasteiger partial charge in [0.2, 0.25) is 0 Å². The largest absolute Gasteiger partial charge is 0.452 e. The van der Waals surface area contributed by atoms with Crippen molar-refractivity contribution < 1.29 is 22.3 Å². The van der Waals surface area contributed by atoms with Gasteiger partial charge in [-0.1, -0.05) is 11.6 Å². The predicted molar refractivity (Wildman–Crippen MR) is 108 cm³/mol. The molecular formula is C20H18ClF4N5O. The van der Waals surface area contributed by atoms with E-state index in [2.05, 4.69) is 25.0 Å². The molecule has 0 aliphatic carbocycles. The average Bonchev–Trinajstić information content (AvgIpc) is 2.66. The summed E-state index contributed by atoms with van der Waals surface area (Å²) in [5.41, 5.74) is 6.19. The van der Waals surface area contributed by atoms with Gasteiger partial charge in [-0.2, -0.15) is 13.2 Å². The summed E-state index contributed by atoms with van der Waals surface area (Å²) in [4.78, 5) is 12.8. The van der Waals surface area contributed by atoms with Gasteiger partial charge >= 0.3 is 6.18 Å². The number of halogens is 5. The Morgan fingerprint density at radius 2 is 2.03 bits per heavy atom. The molecule has 2 aromatic rings. The van der Waals surface area contributed by atoms with Crippen LogP contribution in [0.25, 0.3) is 0 Å². The zero-order valence-corrected chi connectivity index (χ0v) is 17.3. The van der Waals surface area contributed by atoms with Crippen molar-refractivity contribution in [3.05, 3.63) is 57.6 Å². The molecule has 31 heavy (non-hydrogen) atoms. The third kappa shape index (κ3) is 4.04. The van der Waals surface area contributed by atoms with E-state index in [-0.39, 0.29) is 12.1 Å². The maximum absolute atomic E-state index is 15.0. The van der Waals surface area contributed by atoms with Gasteiger partial charge in [-0.25, -0.2) is 14.4 Å². The molecule has 164 valence electrons. The molecule has 1 aromatic heterocycles. The summed E-state index contributed by atoms with van der Waals surface area (Å²) in [5, 5.41) is 3.56. The number of pyridine rings is 1. The molecule has 0 amide bonds. The Balaban J connectivity index is 1.78. The highest BCUT2D eigenvalue weighted by atomic mass is 35.5. The van der Waals surface area contributed by atoms with Crippen LogP contribution >= 0.6 is 11.6 Å². The first-order chi connectivity index (χ1) is 14.5. The van der Waals surface area contributed by atoms with E-state index in [1.54, 1.807) is 6.07 Å². The minimum absolute atomic E-state index is 0.0439. The van der Waals surface area contributed by atoms with E-state index in [0.29, 0.717) is 27.8 Å². The van der Waals surface area contributed by atoms with Crippen molar-refractivity contribution in [3.63, 3.8) is 0 Å². The molecule has 3 N–H and O–H groups in total. The van der Waals surface area contributed by atoms with Crippen molar-refractivity contribution in [1.29, 1.82) is 0 Å². The Kier molecular flexibility index (Phi) is 5.07. The second-order valence-electron chi connectivity index (χ2n) is 7.67. The topological polar surface area (TPSA) is 84.9 Å². The maximum atomic E-state index is 15.0. The first-order valence-electron chi connectivity index (χ1n) is 9.33. The number of nitrogens with one attached hydrogen (secondary N) is 1. The fourth-order valence-electron chi connectivity index (χ4n) is 3.74. The number of alkyl halides is 3. The average molecular weight is 456 g/mol. The van der Waals surface area contributed by atoms with Gasteiger partial charge in [-0.05, 0) is 43.2 Å². The predicted octanol–water partition coefficient (Wildman–Crippen LogP) is 4.25. The summed E-state index contributed by atoms with van der Waals surface area (Å²) < 4.78 is 59.4. The van der Waals surface area contributed by atoms with Gasteiger partial charge in [0.25, 0.3) is 6.02 Å². The first-order valence-corrected chi connectivity index (χ1v) is 9.71. The zero-order chi connectivity index (χ0) is 22.6. The molecule has 4 rings (SSSR count).